The topological polar surface area (TPSA) is 0 Å². The lowest BCUT2D eigenvalue weighted by molar-refractivity contribution is 1.26. The number of allylic oxidation sites excluding steroid dienone is 4. The summed E-state index contributed by atoms with van der Waals surface area (Å²) < 4.78 is -0.234. The van der Waals surface area contributed by atoms with E-state index in [1.165, 1.54) is 0 Å². The minimum atomic E-state index is -0.234. The van der Waals surface area contributed by atoms with Gasteiger partial charge in [0.25, 0.3) is 0 Å². The van der Waals surface area contributed by atoms with Crippen LogP contribution in [0.2, 0.25) is 0 Å². The molecular weight excluding hydrogens is 231 g/mol. The lowest BCUT2D eigenvalue weighted by Gasteiger charge is -2.22. The third-order valence-electron chi connectivity index (χ3n) is 1.54. The molecule has 6 heteroatoms. The van der Waals surface area contributed by atoms with Crippen LogP contribution in [0.5, 0.6) is 0 Å². The van der Waals surface area contributed by atoms with Gasteiger partial charge in [0.05, 0.1) is 41.0 Å². The predicted octanol–water partition coefficient (Wildman–Crippen LogP) is -1.16. The second kappa shape index (κ2) is 3.04. The zero-order chi connectivity index (χ0) is 8.81. The molecule has 0 saturated carbocycles. The third-order valence-corrected chi connectivity index (χ3v) is 6.73. The van der Waals surface area contributed by atoms with Crippen molar-refractivity contribution in [3.8, 4) is 0 Å². The highest BCUT2D eigenvalue weighted by molar-refractivity contribution is 7.24. The normalized spacial score (nSPS) is 23.5. The van der Waals surface area contributed by atoms with Crippen molar-refractivity contribution in [1.82, 2.24) is 0 Å². The summed E-state index contributed by atoms with van der Waals surface area (Å²) >= 11 is 0. The van der Waals surface area contributed by atoms with Gasteiger partial charge in [-0.3, -0.25) is 0 Å². The SMILES string of the molecule is [Si]C1=C([Si])C([Si])(P)C([Si])=C1[Si]. The van der Waals surface area contributed by atoms with Gasteiger partial charge in [-0.1, -0.05) is 20.8 Å². The number of hydrogen-bond donors (Lipinski definition) is 0. The van der Waals surface area contributed by atoms with Gasteiger partial charge < -0.3 is 0 Å². The molecule has 47 valence electrons. The van der Waals surface area contributed by atoms with Crippen LogP contribution in [0.15, 0.2) is 20.8 Å². The summed E-state index contributed by atoms with van der Waals surface area (Å²) in [6, 6.07) is 0. The van der Waals surface area contributed by atoms with Crippen molar-refractivity contribution in [2.45, 2.75) is 4.78 Å². The van der Waals surface area contributed by atoms with E-state index < -0.39 is 0 Å². The second-order valence-corrected chi connectivity index (χ2v) is 6.54. The molecule has 0 saturated heterocycles. The Morgan fingerprint density at radius 2 is 1.18 bits per heavy atom. The molecule has 0 aromatic carbocycles. The van der Waals surface area contributed by atoms with Crippen LogP contribution in [-0.4, -0.2) is 56.0 Å². The van der Waals surface area contributed by atoms with Gasteiger partial charge >= 0.3 is 0 Å². The molecule has 1 aliphatic carbocycles. The summed E-state index contributed by atoms with van der Waals surface area (Å²) in [6.45, 7) is 0. The average Bonchev–Trinajstić information content (AvgIpc) is 2.06. The van der Waals surface area contributed by atoms with Crippen LogP contribution < -0.4 is 0 Å². The minimum absolute atomic E-state index is 0.234. The zero-order valence-corrected chi connectivity index (χ0v) is 11.7. The molecule has 1 unspecified atom stereocenters. The predicted molar refractivity (Wildman–Crippen MR) is 55.3 cm³/mol. The van der Waals surface area contributed by atoms with E-state index in [4.69, 9.17) is 0 Å². The van der Waals surface area contributed by atoms with E-state index in [2.05, 4.69) is 60.5 Å². The fourth-order valence-electron chi connectivity index (χ4n) is 0.769. The van der Waals surface area contributed by atoms with Crippen LogP contribution in [0.4, 0.5) is 0 Å². The summed E-state index contributed by atoms with van der Waals surface area (Å²) in [4.78, 5) is 0. The Labute approximate surface area is 86.0 Å². The van der Waals surface area contributed by atoms with E-state index in [0.29, 0.717) is 0 Å². The summed E-state index contributed by atoms with van der Waals surface area (Å²) in [6.07, 6.45) is 0. The van der Waals surface area contributed by atoms with Crippen LogP contribution in [0.25, 0.3) is 0 Å². The van der Waals surface area contributed by atoms with Gasteiger partial charge in [-0.25, -0.2) is 0 Å². The highest BCUT2D eigenvalue weighted by atomic mass is 31.0. The first-order chi connectivity index (χ1) is 4.89. The smallest absolute Gasteiger partial charge is 0.0703 e. The molecule has 0 heterocycles. The van der Waals surface area contributed by atoms with E-state index in [9.17, 15) is 0 Å². The molecule has 0 N–H and O–H groups in total. The highest BCUT2D eigenvalue weighted by Crippen LogP contribution is 2.38. The Balaban J connectivity index is 3.27. The summed E-state index contributed by atoms with van der Waals surface area (Å²) in [5.74, 6) is 0. The fourth-order valence-corrected chi connectivity index (χ4v) is 3.37. The Hall–Kier alpha value is 0.994. The van der Waals surface area contributed by atoms with Crippen molar-refractivity contribution in [2.75, 3.05) is 0 Å². The van der Waals surface area contributed by atoms with Crippen LogP contribution >= 0.6 is 9.24 Å². The number of rotatable bonds is 0. The molecule has 11 heavy (non-hydrogen) atoms. The van der Waals surface area contributed by atoms with Crippen LogP contribution in [0.1, 0.15) is 0 Å². The van der Waals surface area contributed by atoms with Gasteiger partial charge in [0, 0.05) is 15.0 Å². The Kier molecular flexibility index (Phi) is 2.79. The molecule has 1 aliphatic rings. The molecular formula is C5H2PSi5. The lowest BCUT2D eigenvalue weighted by atomic mass is 10.4. The molecule has 0 aliphatic heterocycles. The summed E-state index contributed by atoms with van der Waals surface area (Å²) in [7, 11) is 20.3. The van der Waals surface area contributed by atoms with Gasteiger partial charge in [0.15, 0.2) is 0 Å². The molecule has 0 amide bonds. The quantitative estimate of drug-likeness (QED) is 0.366. The molecule has 0 bridgehead atoms. The Morgan fingerprint density at radius 3 is 1.27 bits per heavy atom. The summed E-state index contributed by atoms with van der Waals surface area (Å²) in [5, 5.41) is 4.08. The van der Waals surface area contributed by atoms with E-state index in [-0.39, 0.29) is 4.78 Å². The van der Waals surface area contributed by atoms with E-state index in [1.54, 1.807) is 0 Å². The average molecular weight is 233 g/mol. The van der Waals surface area contributed by atoms with Crippen LogP contribution in [0.3, 0.4) is 0 Å². The third kappa shape index (κ3) is 1.42. The maximum absolute atomic E-state index is 3.59. The Bertz CT molecular complexity index is 238. The standard InChI is InChI=1S/C5H2PSi5/c6-5(11)3(9)1(7)2(8)4(5)10/h6H2. The van der Waals surface area contributed by atoms with Crippen LogP contribution in [-0.2, 0) is 0 Å². The van der Waals surface area contributed by atoms with Gasteiger partial charge in [-0.05, 0) is 0 Å². The minimum Gasteiger partial charge on any atom is -0.127 e. The fraction of sp³-hybridized carbons (Fsp3) is 0.200. The molecule has 0 fully saturated rings. The van der Waals surface area contributed by atoms with E-state index in [1.807, 2.05) is 0 Å². The Morgan fingerprint density at radius 1 is 0.909 bits per heavy atom. The van der Waals surface area contributed by atoms with Crippen molar-refractivity contribution in [3.63, 3.8) is 0 Å². The summed E-state index contributed by atoms with van der Waals surface area (Å²) in [5.41, 5.74) is 0. The monoisotopic (exact) mass is 233 g/mol. The zero-order valence-electron chi connectivity index (χ0n) is 5.58. The molecule has 1 atom stereocenters. The van der Waals surface area contributed by atoms with Crippen molar-refractivity contribution in [3.05, 3.63) is 20.8 Å². The molecule has 1 rings (SSSR count). The maximum atomic E-state index is 3.59. The van der Waals surface area contributed by atoms with Gasteiger partial charge in [0.2, 0.25) is 0 Å². The molecule has 0 nitrogen and oxygen atoms in total. The van der Waals surface area contributed by atoms with Gasteiger partial charge in [0.1, 0.15) is 0 Å². The van der Waals surface area contributed by atoms with E-state index in [0.717, 1.165) is 20.8 Å². The van der Waals surface area contributed by atoms with Crippen molar-refractivity contribution in [1.29, 1.82) is 0 Å². The lowest BCUT2D eigenvalue weighted by Crippen LogP contribution is -2.24. The highest BCUT2D eigenvalue weighted by Gasteiger charge is 2.30. The maximum Gasteiger partial charge on any atom is 0.0703 e. The molecule has 0 aromatic heterocycles. The van der Waals surface area contributed by atoms with E-state index >= 15 is 0 Å². The van der Waals surface area contributed by atoms with Crippen LogP contribution in [0, 0.1) is 0 Å². The molecule has 15 radical (unpaired) electrons. The van der Waals surface area contributed by atoms with Gasteiger partial charge in [-0.2, -0.15) is 0 Å². The van der Waals surface area contributed by atoms with Gasteiger partial charge in [-0.15, -0.1) is 9.24 Å². The number of hydrogen-bond acceptors (Lipinski definition) is 0. The first-order valence-electron chi connectivity index (χ1n) is 2.79. The molecule has 0 aromatic rings. The largest absolute Gasteiger partial charge is 0.127 e. The first-order valence-corrected chi connectivity index (χ1v) is 5.87. The van der Waals surface area contributed by atoms with Crippen molar-refractivity contribution in [2.24, 2.45) is 0 Å². The molecule has 0 spiro atoms. The second-order valence-electron chi connectivity index (χ2n) is 2.31. The van der Waals surface area contributed by atoms with Crippen molar-refractivity contribution < 1.29 is 0 Å². The van der Waals surface area contributed by atoms with Crippen molar-refractivity contribution >= 4 is 60.5 Å². The first kappa shape index (κ1) is 10.1.